The molecule has 0 bridgehead atoms. The number of thioether (sulfide) groups is 2. The highest BCUT2D eigenvalue weighted by Gasteiger charge is 2.60. The molecule has 41 heavy (non-hydrogen) atoms. The third-order valence-corrected chi connectivity index (χ3v) is 10.9. The predicted molar refractivity (Wildman–Crippen MR) is 166 cm³/mol. The first-order chi connectivity index (χ1) is 19.7. The number of carboxylic acids is 1. The van der Waals surface area contributed by atoms with Gasteiger partial charge in [-0.15, -0.1) is 23.5 Å². The van der Waals surface area contributed by atoms with E-state index in [1.165, 1.54) is 35.3 Å². The summed E-state index contributed by atoms with van der Waals surface area (Å²) >= 11 is 3.06. The number of carbonyl (C=O) groups is 3. The van der Waals surface area contributed by atoms with Crippen LogP contribution in [-0.4, -0.2) is 63.1 Å². The molecule has 5 rings (SSSR count). The quantitative estimate of drug-likeness (QED) is 0.325. The zero-order valence-corrected chi connectivity index (χ0v) is 24.8. The third-order valence-electron chi connectivity index (χ3n) is 7.39. The normalized spacial score (nSPS) is 22.2. The average molecular weight is 588 g/mol. The van der Waals surface area contributed by atoms with Gasteiger partial charge in [0.2, 0.25) is 5.91 Å². The molecule has 3 unspecified atom stereocenters. The molecule has 212 valence electrons. The van der Waals surface area contributed by atoms with Crippen molar-refractivity contribution in [1.29, 1.82) is 0 Å². The zero-order chi connectivity index (χ0) is 29.1. The molecule has 1 fully saturated rings. The first-order valence-corrected chi connectivity index (χ1v) is 15.3. The Morgan fingerprint density at radius 3 is 2.32 bits per heavy atom. The van der Waals surface area contributed by atoms with Crippen LogP contribution in [-0.2, 0) is 20.8 Å². The van der Waals surface area contributed by atoms with E-state index in [1.807, 2.05) is 85.7 Å². The lowest BCUT2D eigenvalue weighted by Crippen LogP contribution is -2.70. The van der Waals surface area contributed by atoms with E-state index in [-0.39, 0.29) is 23.3 Å². The zero-order valence-electron chi connectivity index (χ0n) is 23.2. The number of hydrogen-bond acceptors (Lipinski definition) is 6. The number of aliphatic carboxylic acids is 1. The topological polar surface area (TPSA) is 90.0 Å². The first kappa shape index (κ1) is 28.8. The van der Waals surface area contributed by atoms with Crippen LogP contribution in [0.1, 0.15) is 29.5 Å². The highest BCUT2D eigenvalue weighted by molar-refractivity contribution is 8.19. The number of carbonyl (C=O) groups excluding carboxylic acids is 2. The summed E-state index contributed by atoms with van der Waals surface area (Å²) in [6.45, 7) is 1.39. The number of carboxylic acid groups (broad SMARTS) is 1. The largest absolute Gasteiger partial charge is 0.478 e. The Bertz CT molecular complexity index is 1460. The molecule has 0 aliphatic carbocycles. The van der Waals surface area contributed by atoms with E-state index >= 15 is 0 Å². The molecule has 7 nitrogen and oxygen atoms in total. The Morgan fingerprint density at radius 2 is 1.68 bits per heavy atom. The van der Waals surface area contributed by atoms with Crippen LogP contribution in [0.2, 0.25) is 0 Å². The predicted octanol–water partition coefficient (Wildman–Crippen LogP) is 4.95. The summed E-state index contributed by atoms with van der Waals surface area (Å²) in [5, 5.41) is 13.1. The molecule has 0 radical (unpaired) electrons. The second-order valence-corrected chi connectivity index (χ2v) is 13.3. The number of nitrogens with one attached hydrogen (secondary N) is 1. The van der Waals surface area contributed by atoms with Crippen molar-refractivity contribution in [1.82, 2.24) is 10.2 Å². The van der Waals surface area contributed by atoms with Crippen molar-refractivity contribution in [3.63, 3.8) is 0 Å². The molecule has 3 aromatic carbocycles. The number of anilines is 1. The van der Waals surface area contributed by atoms with Gasteiger partial charge in [0.15, 0.2) is 0 Å². The Morgan fingerprint density at radius 1 is 1.02 bits per heavy atom. The smallest absolute Gasteiger partial charge is 0.335 e. The molecule has 0 spiro atoms. The molecular weight excluding hydrogens is 555 g/mol. The van der Waals surface area contributed by atoms with Crippen molar-refractivity contribution in [2.45, 2.75) is 34.8 Å². The molecule has 2 amide bonds. The van der Waals surface area contributed by atoms with Gasteiger partial charge in [0.1, 0.15) is 15.5 Å². The molecule has 1 saturated heterocycles. The lowest BCUT2D eigenvalue weighted by Gasteiger charge is -2.54. The molecule has 0 saturated carbocycles. The molecular formula is C32H33N3O4S2. The SMILES string of the molecule is CC(=O)NC1C(=O)N2C=C(C(=O)O)C(SCCc3ccccc3)(C(c3ccccc3)c3cccc(N(C)C)c3)S[C@H]12. The summed E-state index contributed by atoms with van der Waals surface area (Å²) in [5.74, 6) is -1.37. The van der Waals surface area contributed by atoms with Gasteiger partial charge >= 0.3 is 5.97 Å². The van der Waals surface area contributed by atoms with Crippen molar-refractivity contribution < 1.29 is 19.5 Å². The maximum atomic E-state index is 13.1. The van der Waals surface area contributed by atoms with Crippen LogP contribution in [0.25, 0.3) is 0 Å². The molecule has 4 atom stereocenters. The lowest BCUT2D eigenvalue weighted by molar-refractivity contribution is -0.144. The van der Waals surface area contributed by atoms with Gasteiger partial charge in [-0.3, -0.25) is 9.59 Å². The van der Waals surface area contributed by atoms with Crippen molar-refractivity contribution in [2.24, 2.45) is 0 Å². The highest BCUT2D eigenvalue weighted by Crippen LogP contribution is 2.61. The van der Waals surface area contributed by atoms with Crippen molar-refractivity contribution >= 4 is 47.0 Å². The average Bonchev–Trinajstić information content (AvgIpc) is 2.97. The summed E-state index contributed by atoms with van der Waals surface area (Å²) in [6, 6.07) is 27.6. The van der Waals surface area contributed by atoms with Crippen LogP contribution in [0.5, 0.6) is 0 Å². The van der Waals surface area contributed by atoms with E-state index in [0.29, 0.717) is 5.75 Å². The van der Waals surface area contributed by atoms with E-state index in [9.17, 15) is 19.5 Å². The minimum atomic E-state index is -1.07. The number of hydrogen-bond donors (Lipinski definition) is 2. The van der Waals surface area contributed by atoms with Gasteiger partial charge in [-0.1, -0.05) is 72.8 Å². The molecule has 2 aliphatic heterocycles. The molecule has 3 aromatic rings. The first-order valence-electron chi connectivity index (χ1n) is 13.4. The number of nitrogens with zero attached hydrogens (tertiary/aromatic N) is 2. The van der Waals surface area contributed by atoms with E-state index in [2.05, 4.69) is 23.5 Å². The van der Waals surface area contributed by atoms with Crippen LogP contribution in [0.15, 0.2) is 96.7 Å². The van der Waals surface area contributed by atoms with Gasteiger partial charge < -0.3 is 20.2 Å². The Hall–Kier alpha value is -3.69. The van der Waals surface area contributed by atoms with Crippen molar-refractivity contribution in [3.05, 3.63) is 113 Å². The third kappa shape index (κ3) is 5.74. The van der Waals surface area contributed by atoms with Crippen LogP contribution < -0.4 is 10.2 Å². The summed E-state index contributed by atoms with van der Waals surface area (Å²) in [5.41, 5.74) is 4.29. The maximum absolute atomic E-state index is 13.1. The number of amides is 2. The Labute approximate surface area is 249 Å². The van der Waals surface area contributed by atoms with Crippen molar-refractivity contribution in [2.75, 3.05) is 24.7 Å². The van der Waals surface area contributed by atoms with E-state index < -0.39 is 21.5 Å². The Balaban J connectivity index is 1.68. The number of β-lactam (4-membered cyclic amide) rings is 1. The number of fused-ring (bicyclic) bond motifs is 1. The molecule has 2 heterocycles. The minimum absolute atomic E-state index is 0.163. The van der Waals surface area contributed by atoms with E-state index in [4.69, 9.17) is 0 Å². The van der Waals surface area contributed by atoms with E-state index in [0.717, 1.165) is 23.2 Å². The minimum Gasteiger partial charge on any atom is -0.478 e. The van der Waals surface area contributed by atoms with Crippen LogP contribution in [0, 0.1) is 0 Å². The van der Waals surface area contributed by atoms with Gasteiger partial charge in [-0.2, -0.15) is 0 Å². The van der Waals surface area contributed by atoms with Gasteiger partial charge in [0.05, 0.1) is 5.57 Å². The standard InChI is InChI=1S/C32H33N3O4S2/c1-21(36)33-28-29(37)35-20-26(31(38)39)32(41-30(28)35,40-18-17-22-11-6-4-7-12-22)27(23-13-8-5-9-14-23)24-15-10-16-25(19-24)34(2)3/h4-16,19-20,27-28,30H,17-18H2,1-3H3,(H,33,36)(H,38,39)/t27?,28?,30-,32?/m1/s1. The molecule has 9 heteroatoms. The fourth-order valence-corrected chi connectivity index (χ4v) is 9.25. The van der Waals surface area contributed by atoms with Gasteiger partial charge in [0.25, 0.3) is 5.91 Å². The van der Waals surface area contributed by atoms with Gasteiger partial charge in [-0.25, -0.2) is 4.79 Å². The summed E-state index contributed by atoms with van der Waals surface area (Å²) in [7, 11) is 3.96. The lowest BCUT2D eigenvalue weighted by atomic mass is 9.84. The fraction of sp³-hybridized carbons (Fsp3) is 0.281. The fourth-order valence-electron chi connectivity index (χ4n) is 5.42. The monoisotopic (exact) mass is 587 g/mol. The number of rotatable bonds is 10. The Kier molecular flexibility index (Phi) is 8.47. The van der Waals surface area contributed by atoms with Gasteiger partial charge in [-0.05, 0) is 41.0 Å². The van der Waals surface area contributed by atoms with Crippen LogP contribution in [0.3, 0.4) is 0 Å². The van der Waals surface area contributed by atoms with Crippen LogP contribution >= 0.6 is 23.5 Å². The molecule has 2 aliphatic rings. The summed E-state index contributed by atoms with van der Waals surface area (Å²) < 4.78 is -1.01. The maximum Gasteiger partial charge on any atom is 0.335 e. The van der Waals surface area contributed by atoms with E-state index in [1.54, 1.807) is 11.8 Å². The second kappa shape index (κ2) is 12.0. The van der Waals surface area contributed by atoms with Crippen LogP contribution in [0.4, 0.5) is 5.69 Å². The number of aryl methyl sites for hydroxylation is 1. The molecule has 0 aromatic heterocycles. The molecule has 2 N–H and O–H groups in total. The summed E-state index contributed by atoms with van der Waals surface area (Å²) in [4.78, 5) is 41.6. The van der Waals surface area contributed by atoms with Gasteiger partial charge in [0, 0.05) is 38.8 Å². The summed E-state index contributed by atoms with van der Waals surface area (Å²) in [6.07, 6.45) is 2.26. The second-order valence-electron chi connectivity index (χ2n) is 10.4. The van der Waals surface area contributed by atoms with Crippen molar-refractivity contribution in [3.8, 4) is 0 Å². The highest BCUT2D eigenvalue weighted by atomic mass is 32.2. The number of benzene rings is 3.